The third-order valence-electron chi connectivity index (χ3n) is 7.25. The molecule has 0 saturated carbocycles. The van der Waals surface area contributed by atoms with Crippen molar-refractivity contribution in [3.63, 3.8) is 0 Å². The quantitative estimate of drug-likeness (QED) is 0.145. The van der Waals surface area contributed by atoms with E-state index < -0.39 is 96.8 Å². The van der Waals surface area contributed by atoms with Gasteiger partial charge in [0.15, 0.2) is 0 Å². The number of nitrogens with one attached hydrogen (secondary N) is 1. The van der Waals surface area contributed by atoms with E-state index in [1.165, 1.54) is 19.1 Å². The van der Waals surface area contributed by atoms with E-state index >= 15 is 0 Å². The number of hydrogen-bond acceptors (Lipinski definition) is 5. The highest BCUT2D eigenvalue weighted by Crippen LogP contribution is 2.61. The first-order valence-electron chi connectivity index (χ1n) is 13.9. The summed E-state index contributed by atoms with van der Waals surface area (Å²) in [4.78, 5) is 25.7. The maximum absolute atomic E-state index is 14.9. The van der Waals surface area contributed by atoms with E-state index in [1.54, 1.807) is 0 Å². The molecule has 51 heavy (non-hydrogen) atoms. The molecule has 0 bridgehead atoms. The molecule has 1 N–H and O–H groups in total. The Morgan fingerprint density at radius 2 is 1.14 bits per heavy atom. The summed E-state index contributed by atoms with van der Waals surface area (Å²) in [6, 6.07) is 7.77. The molecule has 0 heterocycles. The summed E-state index contributed by atoms with van der Waals surface area (Å²) in [5.41, 5.74) is -5.56. The van der Waals surface area contributed by atoms with Crippen LogP contribution in [0.1, 0.15) is 36.9 Å². The molecule has 1 amide bonds. The topological polar surface area (TPSA) is 73.9 Å². The molecule has 22 heteroatoms. The molecule has 0 aliphatic rings. The molecular weight excluding hydrogens is 746 g/mol. The third-order valence-corrected chi connectivity index (χ3v) is 7.25. The second kappa shape index (κ2) is 14.9. The van der Waals surface area contributed by atoms with Crippen LogP contribution in [-0.2, 0) is 24.6 Å². The minimum atomic E-state index is -8.21. The maximum atomic E-state index is 14.9. The van der Waals surface area contributed by atoms with Gasteiger partial charge in [-0.25, -0.2) is 9.59 Å². The van der Waals surface area contributed by atoms with Gasteiger partial charge in [0.1, 0.15) is 6.10 Å². The number of carbonyl (C=O) groups is 2. The van der Waals surface area contributed by atoms with E-state index in [-0.39, 0.29) is 5.56 Å². The van der Waals surface area contributed by atoms with Gasteiger partial charge in [0.05, 0.1) is 12.6 Å². The Hall–Kier alpha value is -3.98. The first-order valence-corrected chi connectivity index (χ1v) is 13.9. The van der Waals surface area contributed by atoms with Gasteiger partial charge in [-0.2, -0.15) is 70.2 Å². The van der Waals surface area contributed by atoms with E-state index in [1.807, 2.05) is 5.32 Å². The summed E-state index contributed by atoms with van der Waals surface area (Å²) in [6.45, 7) is 0.772. The summed E-state index contributed by atoms with van der Waals surface area (Å²) in [5, 5.41) is 1.87. The van der Waals surface area contributed by atoms with Crippen LogP contribution in [0.15, 0.2) is 60.7 Å². The van der Waals surface area contributed by atoms with Crippen molar-refractivity contribution in [2.24, 2.45) is 0 Å². The molecule has 2 aromatic carbocycles. The van der Waals surface area contributed by atoms with Gasteiger partial charge in [0.2, 0.25) is 0 Å². The van der Waals surface area contributed by atoms with Gasteiger partial charge in [0.25, 0.3) is 5.60 Å². The molecule has 0 fully saturated rings. The van der Waals surface area contributed by atoms with Crippen LogP contribution in [0.25, 0.3) is 0 Å². The third kappa shape index (κ3) is 7.93. The average molecular weight is 771 g/mol. The van der Waals surface area contributed by atoms with Gasteiger partial charge in [-0.3, -0.25) is 0 Å². The zero-order chi connectivity index (χ0) is 39.5. The van der Waals surface area contributed by atoms with Gasteiger partial charge in [-0.15, -0.1) is 0 Å². The number of carbonyl (C=O) groups excluding carboxylic acids is 2. The van der Waals surface area contributed by atoms with Crippen LogP contribution in [0.4, 0.5) is 75.0 Å². The fourth-order valence-electron chi connectivity index (χ4n) is 4.53. The van der Waals surface area contributed by atoms with Crippen molar-refractivity contribution in [2.75, 3.05) is 13.7 Å². The zero-order valence-electron chi connectivity index (χ0n) is 25.6. The Balaban J connectivity index is 2.74. The van der Waals surface area contributed by atoms with Crippen LogP contribution in [0.3, 0.4) is 0 Å². The minimum absolute atomic E-state index is 0.329. The van der Waals surface area contributed by atoms with Crippen LogP contribution in [0.5, 0.6) is 0 Å². The number of esters is 1. The monoisotopic (exact) mass is 771 g/mol. The Kier molecular flexibility index (Phi) is 12.6. The highest BCUT2D eigenvalue weighted by molar-refractivity contribution is 5.83. The number of alkyl halides is 16. The summed E-state index contributed by atoms with van der Waals surface area (Å²) in [7, 11) is 0.329. The lowest BCUT2D eigenvalue weighted by molar-refractivity contribution is -0.440. The van der Waals surface area contributed by atoms with E-state index in [4.69, 9.17) is 4.74 Å². The van der Waals surface area contributed by atoms with E-state index in [2.05, 4.69) is 9.47 Å². The molecular formula is C29H25F16NO5. The smallest absolute Gasteiger partial charge is 0.457 e. The Bertz CT molecular complexity index is 1470. The van der Waals surface area contributed by atoms with Crippen molar-refractivity contribution < 1.29 is 94.0 Å². The summed E-state index contributed by atoms with van der Waals surface area (Å²) < 4.78 is 236. The highest BCUT2D eigenvalue weighted by atomic mass is 19.4. The Morgan fingerprint density at radius 1 is 0.667 bits per heavy atom. The molecule has 0 aliphatic carbocycles. The fourth-order valence-corrected chi connectivity index (χ4v) is 4.53. The molecule has 0 unspecified atom stereocenters. The lowest BCUT2D eigenvalue weighted by atomic mass is 9.89. The molecule has 0 spiro atoms. The zero-order valence-corrected chi connectivity index (χ0v) is 25.6. The largest absolute Gasteiger partial charge is 0.460 e. The van der Waals surface area contributed by atoms with Crippen molar-refractivity contribution in [3.05, 3.63) is 71.8 Å². The minimum Gasteiger partial charge on any atom is -0.457 e. The molecule has 0 aliphatic heterocycles. The molecule has 288 valence electrons. The molecule has 0 saturated heterocycles. The van der Waals surface area contributed by atoms with Crippen LogP contribution >= 0.6 is 0 Å². The molecule has 2 rings (SSSR count). The van der Waals surface area contributed by atoms with E-state index in [9.17, 15) is 79.8 Å². The Labute approximate surface area is 277 Å². The van der Waals surface area contributed by atoms with Gasteiger partial charge < -0.3 is 19.5 Å². The van der Waals surface area contributed by atoms with Crippen molar-refractivity contribution >= 4 is 12.1 Å². The second-order valence-corrected chi connectivity index (χ2v) is 10.5. The second-order valence-electron chi connectivity index (χ2n) is 10.5. The highest BCUT2D eigenvalue weighted by Gasteiger charge is 2.90. The molecule has 6 nitrogen and oxygen atoms in total. The number of hydrogen-bond donors (Lipinski definition) is 1. The van der Waals surface area contributed by atoms with Crippen molar-refractivity contribution in [2.45, 2.75) is 79.5 Å². The summed E-state index contributed by atoms with van der Waals surface area (Å²) in [6.07, 6.45) is -22.8. The predicted octanol–water partition coefficient (Wildman–Crippen LogP) is 9.01. The lowest BCUT2D eigenvalue weighted by Gasteiger charge is -2.40. The fraction of sp³-hybridized carbons (Fsp3) is 0.517. The SMILES string of the molecule is CCOC(=O)N[C@H](c1ccccc1)[C@@H](CCC(F)(F)C(F)(F)C(F)(F)C(F)(F)C(F)(F)C(F)(F)F)OC(=O)[C@](OC)(c1ccccc1)C(F)(F)F. The first-order chi connectivity index (χ1) is 23.1. The number of halogens is 16. The normalized spacial score (nSPS) is 16.1. The Morgan fingerprint density at radius 3 is 1.57 bits per heavy atom. The van der Waals surface area contributed by atoms with Gasteiger partial charge in [-0.1, -0.05) is 60.7 Å². The predicted molar refractivity (Wildman–Crippen MR) is 140 cm³/mol. The van der Waals surface area contributed by atoms with Crippen LogP contribution in [-0.4, -0.2) is 73.8 Å². The molecule has 2 aromatic rings. The average Bonchev–Trinajstić information content (AvgIpc) is 3.02. The molecule has 0 aromatic heterocycles. The number of alkyl carbamates (subject to hydrolysis) is 1. The van der Waals surface area contributed by atoms with Crippen molar-refractivity contribution in [1.29, 1.82) is 0 Å². The first kappa shape index (κ1) is 43.2. The summed E-state index contributed by atoms with van der Waals surface area (Å²) in [5.74, 6) is -41.4. The van der Waals surface area contributed by atoms with Crippen LogP contribution < -0.4 is 5.32 Å². The number of amides is 1. The summed E-state index contributed by atoms with van der Waals surface area (Å²) >= 11 is 0. The molecule has 3 atom stereocenters. The van der Waals surface area contributed by atoms with E-state index in [0.29, 0.717) is 19.2 Å². The standard InChI is InChI=1S/C29H25F16NO5/c1-3-50-21(48)46-19(16-10-6-4-7-11-16)18(51-20(47)23(49-2,28(40,41)42)17-12-8-5-9-13-17)14-15-22(30,31)24(32,33)25(34,35)26(36,37)27(38,39)29(43,44)45/h4-13,18-19H,3,14-15H2,1-2H3,(H,46,48)/t18-,19-,23-/m1/s1. The maximum Gasteiger partial charge on any atom is 0.460 e. The van der Waals surface area contributed by atoms with Crippen LogP contribution in [0, 0.1) is 0 Å². The molecule has 0 radical (unpaired) electrons. The van der Waals surface area contributed by atoms with Gasteiger partial charge in [-0.05, 0) is 18.9 Å². The van der Waals surface area contributed by atoms with Gasteiger partial charge >= 0.3 is 54.0 Å². The van der Waals surface area contributed by atoms with Gasteiger partial charge in [0, 0.05) is 19.1 Å². The number of methoxy groups -OCH3 is 1. The lowest BCUT2D eigenvalue weighted by Crippen LogP contribution is -2.70. The number of benzene rings is 2. The van der Waals surface area contributed by atoms with E-state index in [0.717, 1.165) is 36.4 Å². The number of rotatable bonds is 15. The van der Waals surface area contributed by atoms with Crippen LogP contribution in [0.2, 0.25) is 0 Å². The number of ether oxygens (including phenoxy) is 3. The van der Waals surface area contributed by atoms with Crippen molar-refractivity contribution in [1.82, 2.24) is 5.32 Å². The van der Waals surface area contributed by atoms with Crippen molar-refractivity contribution in [3.8, 4) is 0 Å².